The number of anilines is 1. The van der Waals surface area contributed by atoms with Crippen LogP contribution in [0, 0.1) is 10.1 Å². The highest BCUT2D eigenvalue weighted by molar-refractivity contribution is 9.10. The molecule has 0 radical (unpaired) electrons. The maximum absolute atomic E-state index is 13.7. The van der Waals surface area contributed by atoms with Gasteiger partial charge in [0.2, 0.25) is 0 Å². The number of hydrogen-bond donors (Lipinski definition) is 1. The van der Waals surface area contributed by atoms with Crippen molar-refractivity contribution in [3.05, 3.63) is 32.8 Å². The second-order valence-corrected chi connectivity index (χ2v) is 5.39. The molecule has 0 bridgehead atoms. The molecule has 4 nitrogen and oxygen atoms in total. The molecule has 0 heterocycles. The van der Waals surface area contributed by atoms with Crippen molar-refractivity contribution in [2.24, 2.45) is 0 Å². The summed E-state index contributed by atoms with van der Waals surface area (Å²) in [7, 11) is 0. The van der Waals surface area contributed by atoms with Crippen molar-refractivity contribution in [2.45, 2.75) is 37.9 Å². The maximum atomic E-state index is 13.7. The molecule has 6 heteroatoms. The molecule has 1 aliphatic rings. The zero-order valence-electron chi connectivity index (χ0n) is 9.73. The molecule has 0 aliphatic heterocycles. The van der Waals surface area contributed by atoms with Gasteiger partial charge >= 0.3 is 0 Å². The third-order valence-corrected chi connectivity index (χ3v) is 3.67. The van der Waals surface area contributed by atoms with E-state index in [-0.39, 0.29) is 11.7 Å². The molecule has 0 unspecified atom stereocenters. The number of benzene rings is 1. The molecular weight excluding hydrogens is 303 g/mol. The Morgan fingerprint density at radius 3 is 2.78 bits per heavy atom. The molecule has 0 saturated heterocycles. The van der Waals surface area contributed by atoms with Crippen LogP contribution in [0.15, 0.2) is 22.7 Å². The fourth-order valence-electron chi connectivity index (χ4n) is 2.23. The Kier molecular flexibility index (Phi) is 4.16. The molecule has 2 atom stereocenters. The van der Waals surface area contributed by atoms with Crippen molar-refractivity contribution in [3.63, 3.8) is 0 Å². The van der Waals surface area contributed by atoms with Gasteiger partial charge < -0.3 is 5.32 Å². The SMILES string of the molecule is O=[N+]([O-])c1cc(Br)ccc1N[C@@H]1CCCC[C@H]1F. The minimum atomic E-state index is -0.929. The molecule has 1 aromatic rings. The van der Waals surface area contributed by atoms with Gasteiger partial charge in [-0.3, -0.25) is 10.1 Å². The lowest BCUT2D eigenvalue weighted by atomic mass is 9.93. The van der Waals surface area contributed by atoms with Crippen LogP contribution in [0.1, 0.15) is 25.7 Å². The number of nitro groups is 1. The van der Waals surface area contributed by atoms with Crippen LogP contribution in [0.25, 0.3) is 0 Å². The second kappa shape index (κ2) is 5.65. The zero-order chi connectivity index (χ0) is 13.1. The van der Waals surface area contributed by atoms with Gasteiger partial charge in [0.1, 0.15) is 11.9 Å². The first kappa shape index (κ1) is 13.3. The Hall–Kier alpha value is -1.17. The van der Waals surface area contributed by atoms with E-state index in [0.717, 1.165) is 12.8 Å². The van der Waals surface area contributed by atoms with Gasteiger partial charge in [0, 0.05) is 10.5 Å². The summed E-state index contributed by atoms with van der Waals surface area (Å²) in [5.41, 5.74) is 0.361. The minimum Gasteiger partial charge on any atom is -0.374 e. The van der Waals surface area contributed by atoms with Crippen LogP contribution in [-0.2, 0) is 0 Å². The van der Waals surface area contributed by atoms with Gasteiger partial charge in [0.25, 0.3) is 5.69 Å². The molecule has 2 rings (SSSR count). The van der Waals surface area contributed by atoms with Gasteiger partial charge in [0.05, 0.1) is 11.0 Å². The van der Waals surface area contributed by atoms with E-state index < -0.39 is 11.1 Å². The third kappa shape index (κ3) is 2.98. The average Bonchev–Trinajstić information content (AvgIpc) is 2.34. The number of nitrogens with one attached hydrogen (secondary N) is 1. The summed E-state index contributed by atoms with van der Waals surface area (Å²) >= 11 is 3.20. The van der Waals surface area contributed by atoms with Gasteiger partial charge in [-0.15, -0.1) is 0 Å². The van der Waals surface area contributed by atoms with Crippen LogP contribution < -0.4 is 5.32 Å². The normalized spacial score (nSPS) is 23.7. The monoisotopic (exact) mass is 316 g/mol. The Morgan fingerprint density at radius 2 is 2.11 bits per heavy atom. The topological polar surface area (TPSA) is 55.2 Å². The molecule has 0 amide bonds. The van der Waals surface area contributed by atoms with E-state index in [1.54, 1.807) is 12.1 Å². The smallest absolute Gasteiger partial charge is 0.293 e. The summed E-state index contributed by atoms with van der Waals surface area (Å²) in [6, 6.07) is 4.44. The lowest BCUT2D eigenvalue weighted by Crippen LogP contribution is -2.33. The van der Waals surface area contributed by atoms with Crippen molar-refractivity contribution >= 4 is 27.3 Å². The van der Waals surface area contributed by atoms with Gasteiger partial charge in [-0.05, 0) is 25.0 Å². The first-order valence-electron chi connectivity index (χ1n) is 5.92. The molecule has 0 aromatic heterocycles. The predicted molar refractivity (Wildman–Crippen MR) is 71.6 cm³/mol. The van der Waals surface area contributed by atoms with E-state index in [1.165, 1.54) is 6.07 Å². The molecule has 18 heavy (non-hydrogen) atoms. The number of rotatable bonds is 3. The predicted octanol–water partition coefficient (Wildman–Crippen LogP) is 4.05. The summed E-state index contributed by atoms with van der Waals surface area (Å²) in [6.45, 7) is 0. The van der Waals surface area contributed by atoms with Gasteiger partial charge in [0.15, 0.2) is 0 Å². The molecular formula is C12H14BrFN2O2. The molecule has 1 aromatic carbocycles. The fourth-order valence-corrected chi connectivity index (χ4v) is 2.57. The number of nitro benzene ring substituents is 1. The van der Waals surface area contributed by atoms with E-state index in [4.69, 9.17) is 0 Å². The van der Waals surface area contributed by atoms with Gasteiger partial charge in [-0.25, -0.2) is 4.39 Å². The quantitative estimate of drug-likeness (QED) is 0.676. The molecule has 1 saturated carbocycles. The van der Waals surface area contributed by atoms with Crippen molar-refractivity contribution < 1.29 is 9.31 Å². The Labute approximate surface area is 113 Å². The molecule has 1 N–H and O–H groups in total. The number of alkyl halides is 1. The van der Waals surface area contributed by atoms with Crippen molar-refractivity contribution in [3.8, 4) is 0 Å². The van der Waals surface area contributed by atoms with Crippen LogP contribution in [0.3, 0.4) is 0 Å². The van der Waals surface area contributed by atoms with E-state index in [2.05, 4.69) is 21.2 Å². The summed E-state index contributed by atoms with van der Waals surface area (Å²) in [6.07, 6.45) is 2.17. The van der Waals surface area contributed by atoms with Gasteiger partial charge in [-0.1, -0.05) is 28.8 Å². The Morgan fingerprint density at radius 1 is 1.39 bits per heavy atom. The number of halogens is 2. The molecule has 0 spiro atoms. The second-order valence-electron chi connectivity index (χ2n) is 4.47. The van der Waals surface area contributed by atoms with Crippen LogP contribution in [0.5, 0.6) is 0 Å². The zero-order valence-corrected chi connectivity index (χ0v) is 11.3. The maximum Gasteiger partial charge on any atom is 0.293 e. The first-order chi connectivity index (χ1) is 8.58. The Bertz CT molecular complexity index is 456. The van der Waals surface area contributed by atoms with Crippen molar-refractivity contribution in [1.29, 1.82) is 0 Å². The van der Waals surface area contributed by atoms with Crippen LogP contribution >= 0.6 is 15.9 Å². The number of hydrogen-bond acceptors (Lipinski definition) is 3. The largest absolute Gasteiger partial charge is 0.374 e. The number of nitrogens with zero attached hydrogens (tertiary/aromatic N) is 1. The highest BCUT2D eigenvalue weighted by Gasteiger charge is 2.26. The van der Waals surface area contributed by atoms with Crippen LogP contribution in [0.2, 0.25) is 0 Å². The van der Waals surface area contributed by atoms with Crippen molar-refractivity contribution in [2.75, 3.05) is 5.32 Å². The molecule has 1 aliphatic carbocycles. The third-order valence-electron chi connectivity index (χ3n) is 3.18. The van der Waals surface area contributed by atoms with Crippen LogP contribution in [0.4, 0.5) is 15.8 Å². The van der Waals surface area contributed by atoms with Gasteiger partial charge in [-0.2, -0.15) is 0 Å². The van der Waals surface area contributed by atoms with E-state index in [1.807, 2.05) is 0 Å². The minimum absolute atomic E-state index is 0.0258. The van der Waals surface area contributed by atoms with E-state index in [9.17, 15) is 14.5 Å². The lowest BCUT2D eigenvalue weighted by Gasteiger charge is -2.27. The van der Waals surface area contributed by atoms with Crippen LogP contribution in [-0.4, -0.2) is 17.1 Å². The first-order valence-corrected chi connectivity index (χ1v) is 6.72. The fraction of sp³-hybridized carbons (Fsp3) is 0.500. The summed E-state index contributed by atoms with van der Waals surface area (Å²) in [5, 5.41) is 13.9. The van der Waals surface area contributed by atoms with Crippen molar-refractivity contribution in [1.82, 2.24) is 0 Å². The standard InChI is InChI=1S/C12H14BrFN2O2/c13-8-5-6-11(12(7-8)16(17)18)15-10-4-2-1-3-9(10)14/h5-7,9-10,15H,1-4H2/t9-,10-/m1/s1. The summed E-state index contributed by atoms with van der Waals surface area (Å²) in [4.78, 5) is 10.5. The highest BCUT2D eigenvalue weighted by Crippen LogP contribution is 2.31. The summed E-state index contributed by atoms with van der Waals surface area (Å²) < 4.78 is 14.3. The molecule has 1 fully saturated rings. The van der Waals surface area contributed by atoms with E-state index in [0.29, 0.717) is 23.0 Å². The molecule has 98 valence electrons. The lowest BCUT2D eigenvalue weighted by molar-refractivity contribution is -0.384. The average molecular weight is 317 g/mol. The Balaban J connectivity index is 2.20. The summed E-state index contributed by atoms with van der Waals surface area (Å²) in [5.74, 6) is 0. The highest BCUT2D eigenvalue weighted by atomic mass is 79.9. The van der Waals surface area contributed by atoms with E-state index >= 15 is 0 Å².